The third-order valence-corrected chi connectivity index (χ3v) is 5.97. The summed E-state index contributed by atoms with van der Waals surface area (Å²) in [6, 6.07) is 9.15. The van der Waals surface area contributed by atoms with E-state index in [0.717, 1.165) is 0 Å². The maximum atomic E-state index is 13.0. The van der Waals surface area contributed by atoms with E-state index in [2.05, 4.69) is 10.3 Å². The summed E-state index contributed by atoms with van der Waals surface area (Å²) in [5.41, 5.74) is -0.318. The molecule has 2 heterocycles. The van der Waals surface area contributed by atoms with Gasteiger partial charge in [0.15, 0.2) is 17.2 Å². The predicted molar refractivity (Wildman–Crippen MR) is 129 cm³/mol. The zero-order chi connectivity index (χ0) is 27.7. The summed E-state index contributed by atoms with van der Waals surface area (Å²) in [6.07, 6.45) is -5.73. The lowest BCUT2D eigenvalue weighted by Gasteiger charge is -2.31. The molecule has 0 saturated carbocycles. The number of hydrogen-bond acceptors (Lipinski definition) is 8. The first-order chi connectivity index (χ1) is 18.1. The van der Waals surface area contributed by atoms with Crippen molar-refractivity contribution >= 4 is 11.9 Å². The van der Waals surface area contributed by atoms with Crippen LogP contribution in [0.1, 0.15) is 49.5 Å². The summed E-state index contributed by atoms with van der Waals surface area (Å²) < 4.78 is 60.3. The minimum absolute atomic E-state index is 0.0437. The molecule has 1 aromatic carbocycles. The number of aromatic hydroxyl groups is 1. The zero-order valence-corrected chi connectivity index (χ0v) is 21.1. The van der Waals surface area contributed by atoms with E-state index in [1.165, 1.54) is 19.4 Å². The van der Waals surface area contributed by atoms with Gasteiger partial charge in [0.25, 0.3) is 5.91 Å². The van der Waals surface area contributed by atoms with Crippen LogP contribution < -0.4 is 14.8 Å². The molecule has 2 aromatic rings. The number of aromatic nitrogens is 1. The highest BCUT2D eigenvalue weighted by Gasteiger charge is 2.37. The monoisotopic (exact) mass is 540 g/mol. The van der Waals surface area contributed by atoms with Crippen molar-refractivity contribution in [1.29, 1.82) is 0 Å². The fourth-order valence-corrected chi connectivity index (χ4v) is 4.10. The molecule has 4 atom stereocenters. The maximum absolute atomic E-state index is 13.0. The Morgan fingerprint density at radius 1 is 1.21 bits per heavy atom. The molecule has 9 nitrogen and oxygen atoms in total. The molecule has 1 aliphatic rings. The third kappa shape index (κ3) is 8.23. The van der Waals surface area contributed by atoms with E-state index in [9.17, 15) is 27.9 Å². The molecule has 0 radical (unpaired) electrons. The fourth-order valence-electron chi connectivity index (χ4n) is 4.10. The molecule has 1 fully saturated rings. The second kappa shape index (κ2) is 13.3. The number of methoxy groups -OCH3 is 1. The lowest BCUT2D eigenvalue weighted by atomic mass is 10.0. The SMILES string of the molecule is COc1ccnc(C(=O)NC2CCCC(Oc3ccccc3)C(OCCCC(F)(F)F)C(C)OC2=O)c1O. The quantitative estimate of drug-likeness (QED) is 0.360. The molecule has 38 heavy (non-hydrogen) atoms. The van der Waals surface area contributed by atoms with Gasteiger partial charge in [-0.3, -0.25) is 4.79 Å². The van der Waals surface area contributed by atoms with Crippen molar-refractivity contribution < 1.29 is 46.8 Å². The van der Waals surface area contributed by atoms with Gasteiger partial charge in [-0.15, -0.1) is 0 Å². The number of nitrogens with zero attached hydrogens (tertiary/aromatic N) is 1. The van der Waals surface area contributed by atoms with E-state index in [1.54, 1.807) is 31.2 Å². The van der Waals surface area contributed by atoms with E-state index >= 15 is 0 Å². The number of cyclic esters (lactones) is 1. The lowest BCUT2D eigenvalue weighted by molar-refractivity contribution is -0.164. The van der Waals surface area contributed by atoms with Crippen molar-refractivity contribution in [3.8, 4) is 17.2 Å². The number of ether oxygens (including phenoxy) is 4. The molecule has 1 saturated heterocycles. The Bertz CT molecular complexity index is 1070. The van der Waals surface area contributed by atoms with Gasteiger partial charge < -0.3 is 29.4 Å². The van der Waals surface area contributed by atoms with Crippen LogP contribution in [-0.2, 0) is 14.3 Å². The van der Waals surface area contributed by atoms with E-state index in [1.807, 2.05) is 6.07 Å². The van der Waals surface area contributed by atoms with Crippen LogP contribution in [0.2, 0.25) is 0 Å². The van der Waals surface area contributed by atoms with Gasteiger partial charge in [0.2, 0.25) is 0 Å². The summed E-state index contributed by atoms with van der Waals surface area (Å²) in [5.74, 6) is -1.45. The Labute approximate surface area is 218 Å². The molecule has 2 N–H and O–H groups in total. The van der Waals surface area contributed by atoms with Crippen molar-refractivity contribution in [3.63, 3.8) is 0 Å². The number of nitrogens with one attached hydrogen (secondary N) is 1. The smallest absolute Gasteiger partial charge is 0.389 e. The van der Waals surface area contributed by atoms with Crippen LogP contribution in [0.5, 0.6) is 17.2 Å². The van der Waals surface area contributed by atoms with E-state index < -0.39 is 54.6 Å². The van der Waals surface area contributed by atoms with Crippen LogP contribution in [0.25, 0.3) is 0 Å². The number of benzene rings is 1. The highest BCUT2D eigenvalue weighted by Crippen LogP contribution is 2.29. The molecule has 1 aliphatic heterocycles. The van der Waals surface area contributed by atoms with Gasteiger partial charge >= 0.3 is 12.1 Å². The zero-order valence-electron chi connectivity index (χ0n) is 21.1. The molecule has 0 aliphatic carbocycles. The van der Waals surface area contributed by atoms with Crippen molar-refractivity contribution in [2.24, 2.45) is 0 Å². The fraction of sp³-hybridized carbons (Fsp3) is 0.500. The number of pyridine rings is 1. The van der Waals surface area contributed by atoms with Crippen LogP contribution >= 0.6 is 0 Å². The average Bonchev–Trinajstić information content (AvgIpc) is 2.91. The molecule has 12 heteroatoms. The number of amides is 1. The maximum Gasteiger partial charge on any atom is 0.389 e. The van der Waals surface area contributed by atoms with E-state index in [0.29, 0.717) is 18.6 Å². The molecule has 208 valence electrons. The number of carbonyl (C=O) groups is 2. The predicted octanol–water partition coefficient (Wildman–Crippen LogP) is 4.19. The molecule has 0 bridgehead atoms. The first-order valence-corrected chi connectivity index (χ1v) is 12.2. The summed E-state index contributed by atoms with van der Waals surface area (Å²) in [4.78, 5) is 29.7. The molecule has 1 aromatic heterocycles. The van der Waals surface area contributed by atoms with Crippen LogP contribution in [0.3, 0.4) is 0 Å². The van der Waals surface area contributed by atoms with Gasteiger partial charge in [-0.1, -0.05) is 18.2 Å². The van der Waals surface area contributed by atoms with Crippen molar-refractivity contribution in [1.82, 2.24) is 10.3 Å². The normalized spacial score (nSPS) is 22.4. The molecular weight excluding hydrogens is 509 g/mol. The number of para-hydroxylation sites is 1. The topological polar surface area (TPSA) is 116 Å². The summed E-state index contributed by atoms with van der Waals surface area (Å²) in [5, 5.41) is 12.8. The second-order valence-corrected chi connectivity index (χ2v) is 8.83. The van der Waals surface area contributed by atoms with Gasteiger partial charge in [-0.25, -0.2) is 9.78 Å². The Hall–Kier alpha value is -3.54. The van der Waals surface area contributed by atoms with Gasteiger partial charge in [0.05, 0.1) is 7.11 Å². The largest absolute Gasteiger partial charge is 0.503 e. The molecule has 4 unspecified atom stereocenters. The Balaban J connectivity index is 1.75. The highest BCUT2D eigenvalue weighted by atomic mass is 19.4. The molecular formula is C26H31F3N2O7. The number of halogens is 3. The first-order valence-electron chi connectivity index (χ1n) is 12.2. The first kappa shape index (κ1) is 29.0. The Morgan fingerprint density at radius 2 is 1.95 bits per heavy atom. The highest BCUT2D eigenvalue weighted by molar-refractivity contribution is 5.97. The minimum Gasteiger partial charge on any atom is -0.503 e. The van der Waals surface area contributed by atoms with Crippen molar-refractivity contribution in [2.45, 2.75) is 69.6 Å². The molecule has 0 spiro atoms. The summed E-state index contributed by atoms with van der Waals surface area (Å²) in [7, 11) is 1.32. The minimum atomic E-state index is -4.31. The van der Waals surface area contributed by atoms with Crippen LogP contribution in [-0.4, -0.2) is 66.2 Å². The Morgan fingerprint density at radius 3 is 2.63 bits per heavy atom. The molecule has 1 amide bonds. The van der Waals surface area contributed by atoms with Crippen LogP contribution in [0, 0.1) is 0 Å². The van der Waals surface area contributed by atoms with Gasteiger partial charge in [-0.05, 0) is 44.7 Å². The Kier molecular flexibility index (Phi) is 10.2. The third-order valence-electron chi connectivity index (χ3n) is 5.97. The van der Waals surface area contributed by atoms with Crippen LogP contribution in [0.15, 0.2) is 42.6 Å². The van der Waals surface area contributed by atoms with Gasteiger partial charge in [0.1, 0.15) is 30.1 Å². The van der Waals surface area contributed by atoms with Gasteiger partial charge in [0, 0.05) is 25.3 Å². The number of hydrogen-bond donors (Lipinski definition) is 2. The van der Waals surface area contributed by atoms with E-state index in [-0.39, 0.29) is 30.9 Å². The second-order valence-electron chi connectivity index (χ2n) is 8.83. The summed E-state index contributed by atoms with van der Waals surface area (Å²) >= 11 is 0. The lowest BCUT2D eigenvalue weighted by Crippen LogP contribution is -2.46. The number of alkyl halides is 3. The standard InChI is InChI=1S/C26H31F3N2O7/c1-16-23(36-15-7-13-26(27,28)29)20(38-17-8-4-3-5-9-17)11-6-10-18(25(34)37-16)31-24(33)21-22(32)19(35-2)12-14-30-21/h3-5,8-9,12,14,16,18,20,23,32H,6-7,10-11,13,15H2,1-2H3,(H,31,33). The molecule has 3 rings (SSSR count). The number of carbonyl (C=O) groups excluding carboxylic acids is 2. The van der Waals surface area contributed by atoms with Crippen molar-refractivity contribution in [2.75, 3.05) is 13.7 Å². The average molecular weight is 541 g/mol. The summed E-state index contributed by atoms with van der Waals surface area (Å²) in [6.45, 7) is 1.36. The van der Waals surface area contributed by atoms with Gasteiger partial charge in [-0.2, -0.15) is 13.2 Å². The van der Waals surface area contributed by atoms with E-state index in [4.69, 9.17) is 18.9 Å². The number of rotatable bonds is 9. The van der Waals surface area contributed by atoms with Crippen molar-refractivity contribution in [3.05, 3.63) is 48.3 Å². The number of esters is 1. The van der Waals surface area contributed by atoms with Crippen LogP contribution in [0.4, 0.5) is 13.2 Å².